The SMILES string of the molecule is CN=C(NCC1CCCCO1)N1CC=C(c2cccc(OC)c2)CC1. The van der Waals surface area contributed by atoms with Gasteiger partial charge in [0.1, 0.15) is 5.75 Å². The van der Waals surface area contributed by atoms with Crippen molar-refractivity contribution in [1.82, 2.24) is 10.2 Å². The summed E-state index contributed by atoms with van der Waals surface area (Å²) in [6, 6.07) is 8.29. The standard InChI is InChI=1S/C20H29N3O2/c1-21-20(22-15-19-7-3-4-13-25-19)23-11-9-16(10-12-23)17-6-5-8-18(14-17)24-2/h5-6,8-9,14,19H,3-4,7,10-13,15H2,1-2H3,(H,21,22). The molecule has 1 saturated heterocycles. The van der Waals surface area contributed by atoms with E-state index >= 15 is 0 Å². The van der Waals surface area contributed by atoms with Crippen LogP contribution in [0.5, 0.6) is 5.75 Å². The third-order valence-electron chi connectivity index (χ3n) is 4.92. The summed E-state index contributed by atoms with van der Waals surface area (Å²) >= 11 is 0. The molecule has 0 aromatic heterocycles. The predicted molar refractivity (Wildman–Crippen MR) is 102 cm³/mol. The van der Waals surface area contributed by atoms with Gasteiger partial charge in [-0.05, 0) is 49.0 Å². The molecule has 1 atom stereocenters. The Balaban J connectivity index is 1.56. The molecular weight excluding hydrogens is 314 g/mol. The Morgan fingerprint density at radius 3 is 3.00 bits per heavy atom. The molecule has 2 aliphatic rings. The molecule has 1 aromatic rings. The number of guanidine groups is 1. The summed E-state index contributed by atoms with van der Waals surface area (Å²) in [7, 11) is 3.56. The smallest absolute Gasteiger partial charge is 0.194 e. The van der Waals surface area contributed by atoms with Gasteiger partial charge in [-0.3, -0.25) is 4.99 Å². The van der Waals surface area contributed by atoms with Crippen LogP contribution in [0.4, 0.5) is 0 Å². The summed E-state index contributed by atoms with van der Waals surface area (Å²) in [4.78, 5) is 6.75. The van der Waals surface area contributed by atoms with Crippen molar-refractivity contribution in [3.63, 3.8) is 0 Å². The number of nitrogens with one attached hydrogen (secondary N) is 1. The minimum atomic E-state index is 0.318. The molecule has 0 saturated carbocycles. The highest BCUT2D eigenvalue weighted by molar-refractivity contribution is 5.81. The second kappa shape index (κ2) is 8.90. The Hall–Kier alpha value is -2.01. The maximum Gasteiger partial charge on any atom is 0.194 e. The zero-order chi connectivity index (χ0) is 17.5. The van der Waals surface area contributed by atoms with Gasteiger partial charge in [-0.25, -0.2) is 0 Å². The lowest BCUT2D eigenvalue weighted by atomic mass is 9.99. The Morgan fingerprint density at radius 2 is 2.32 bits per heavy atom. The van der Waals surface area contributed by atoms with Crippen molar-refractivity contribution in [2.45, 2.75) is 31.8 Å². The van der Waals surface area contributed by atoms with Gasteiger partial charge < -0.3 is 19.7 Å². The van der Waals surface area contributed by atoms with Gasteiger partial charge in [0.2, 0.25) is 0 Å². The van der Waals surface area contributed by atoms with Crippen LogP contribution in [0.25, 0.3) is 5.57 Å². The van der Waals surface area contributed by atoms with Gasteiger partial charge in [-0.2, -0.15) is 0 Å². The average molecular weight is 343 g/mol. The first kappa shape index (κ1) is 17.8. The van der Waals surface area contributed by atoms with Crippen LogP contribution in [0, 0.1) is 0 Å². The van der Waals surface area contributed by atoms with Crippen molar-refractivity contribution in [2.75, 3.05) is 40.4 Å². The first-order chi connectivity index (χ1) is 12.3. The molecule has 1 fully saturated rings. The molecule has 1 aromatic carbocycles. The number of nitrogens with zero attached hydrogens (tertiary/aromatic N) is 2. The van der Waals surface area contributed by atoms with Gasteiger partial charge in [-0.15, -0.1) is 0 Å². The molecule has 1 unspecified atom stereocenters. The second-order valence-electron chi connectivity index (χ2n) is 6.57. The van der Waals surface area contributed by atoms with Gasteiger partial charge in [-0.1, -0.05) is 18.2 Å². The molecule has 0 aliphatic carbocycles. The molecule has 136 valence electrons. The van der Waals surface area contributed by atoms with E-state index in [-0.39, 0.29) is 0 Å². The lowest BCUT2D eigenvalue weighted by Gasteiger charge is -2.31. The van der Waals surface area contributed by atoms with Crippen LogP contribution in [0.3, 0.4) is 0 Å². The van der Waals surface area contributed by atoms with Gasteiger partial charge in [0.15, 0.2) is 5.96 Å². The summed E-state index contributed by atoms with van der Waals surface area (Å²) < 4.78 is 11.1. The quantitative estimate of drug-likeness (QED) is 0.674. The Kier molecular flexibility index (Phi) is 6.34. The molecule has 3 rings (SSSR count). The number of hydrogen-bond donors (Lipinski definition) is 1. The molecule has 2 heterocycles. The van der Waals surface area contributed by atoms with Gasteiger partial charge in [0.05, 0.1) is 13.2 Å². The molecule has 0 bridgehead atoms. The maximum absolute atomic E-state index is 5.80. The number of aliphatic imine (C=N–C) groups is 1. The monoisotopic (exact) mass is 343 g/mol. The second-order valence-corrected chi connectivity index (χ2v) is 6.57. The van der Waals surface area contributed by atoms with E-state index in [0.717, 1.165) is 50.8 Å². The summed E-state index contributed by atoms with van der Waals surface area (Å²) in [5.74, 6) is 1.88. The van der Waals surface area contributed by atoms with Crippen LogP contribution < -0.4 is 10.1 Å². The maximum atomic E-state index is 5.80. The highest BCUT2D eigenvalue weighted by atomic mass is 16.5. The Labute approximate surface area is 150 Å². The van der Waals surface area contributed by atoms with E-state index in [4.69, 9.17) is 9.47 Å². The van der Waals surface area contributed by atoms with Gasteiger partial charge in [0.25, 0.3) is 0 Å². The van der Waals surface area contributed by atoms with Crippen molar-refractivity contribution in [3.8, 4) is 5.75 Å². The minimum absolute atomic E-state index is 0.318. The lowest BCUT2D eigenvalue weighted by Crippen LogP contribution is -2.46. The van der Waals surface area contributed by atoms with Crippen LogP contribution in [-0.2, 0) is 4.74 Å². The summed E-state index contributed by atoms with van der Waals surface area (Å²) in [5, 5.41) is 3.48. The zero-order valence-electron chi connectivity index (χ0n) is 15.3. The first-order valence-corrected chi connectivity index (χ1v) is 9.21. The van der Waals surface area contributed by atoms with Gasteiger partial charge >= 0.3 is 0 Å². The highest BCUT2D eigenvalue weighted by Crippen LogP contribution is 2.25. The van der Waals surface area contributed by atoms with Crippen LogP contribution in [0.2, 0.25) is 0 Å². The fraction of sp³-hybridized carbons (Fsp3) is 0.550. The molecular formula is C20H29N3O2. The summed E-state index contributed by atoms with van der Waals surface area (Å²) in [6.45, 7) is 3.57. The van der Waals surface area contributed by atoms with Crippen molar-refractivity contribution >= 4 is 11.5 Å². The number of hydrogen-bond acceptors (Lipinski definition) is 3. The van der Waals surface area contributed by atoms with Crippen molar-refractivity contribution in [2.24, 2.45) is 4.99 Å². The lowest BCUT2D eigenvalue weighted by molar-refractivity contribution is 0.0191. The Bertz CT molecular complexity index is 621. The van der Waals surface area contributed by atoms with Crippen LogP contribution in [0.15, 0.2) is 35.3 Å². The predicted octanol–water partition coefficient (Wildman–Crippen LogP) is 2.93. The largest absolute Gasteiger partial charge is 0.497 e. The van der Waals surface area contributed by atoms with E-state index in [1.807, 2.05) is 19.2 Å². The molecule has 1 N–H and O–H groups in total. The molecule has 0 amide bonds. The summed E-state index contributed by atoms with van der Waals surface area (Å²) in [5.41, 5.74) is 2.62. The fourth-order valence-electron chi connectivity index (χ4n) is 3.45. The van der Waals surface area contributed by atoms with Crippen molar-refractivity contribution in [1.29, 1.82) is 0 Å². The van der Waals surface area contributed by atoms with E-state index in [1.54, 1.807) is 7.11 Å². The zero-order valence-corrected chi connectivity index (χ0v) is 15.3. The molecule has 0 radical (unpaired) electrons. The summed E-state index contributed by atoms with van der Waals surface area (Å²) in [6.07, 6.45) is 7.22. The molecule has 5 nitrogen and oxygen atoms in total. The normalized spacial score (nSPS) is 21.7. The van der Waals surface area contributed by atoms with Crippen molar-refractivity contribution < 1.29 is 9.47 Å². The van der Waals surface area contributed by atoms with Crippen LogP contribution in [-0.4, -0.2) is 57.4 Å². The first-order valence-electron chi connectivity index (χ1n) is 9.21. The highest BCUT2D eigenvalue weighted by Gasteiger charge is 2.19. The minimum Gasteiger partial charge on any atom is -0.497 e. The number of benzene rings is 1. The topological polar surface area (TPSA) is 46.1 Å². The van der Waals surface area contributed by atoms with Crippen LogP contribution >= 0.6 is 0 Å². The Morgan fingerprint density at radius 1 is 1.40 bits per heavy atom. The molecule has 2 aliphatic heterocycles. The third-order valence-corrected chi connectivity index (χ3v) is 4.92. The van der Waals surface area contributed by atoms with E-state index in [1.165, 1.54) is 24.0 Å². The van der Waals surface area contributed by atoms with E-state index in [0.29, 0.717) is 6.10 Å². The molecule has 0 spiro atoms. The van der Waals surface area contributed by atoms with Crippen molar-refractivity contribution in [3.05, 3.63) is 35.9 Å². The fourth-order valence-corrected chi connectivity index (χ4v) is 3.45. The van der Waals surface area contributed by atoms with E-state index in [9.17, 15) is 0 Å². The molecule has 25 heavy (non-hydrogen) atoms. The van der Waals surface area contributed by atoms with Gasteiger partial charge in [0, 0.05) is 33.3 Å². The van der Waals surface area contributed by atoms with E-state index in [2.05, 4.69) is 33.4 Å². The average Bonchev–Trinajstić information content (AvgIpc) is 2.70. The number of methoxy groups -OCH3 is 1. The number of rotatable bonds is 4. The third kappa shape index (κ3) is 4.75. The van der Waals surface area contributed by atoms with E-state index < -0.39 is 0 Å². The number of ether oxygens (including phenoxy) is 2. The molecule has 5 heteroatoms. The van der Waals surface area contributed by atoms with Crippen LogP contribution in [0.1, 0.15) is 31.2 Å².